The fourth-order valence-corrected chi connectivity index (χ4v) is 1.33. The minimum atomic E-state index is -3.12. The van der Waals surface area contributed by atoms with Gasteiger partial charge in [-0.1, -0.05) is 31.1 Å². The third-order valence-electron chi connectivity index (χ3n) is 2.47. The van der Waals surface area contributed by atoms with E-state index < -0.39 is 24.4 Å². The third-order valence-corrected chi connectivity index (χ3v) is 2.47. The highest BCUT2D eigenvalue weighted by Gasteiger charge is 2.25. The van der Waals surface area contributed by atoms with Crippen molar-refractivity contribution in [3.05, 3.63) is 24.3 Å². The van der Waals surface area contributed by atoms with E-state index in [-0.39, 0.29) is 19.4 Å². The van der Waals surface area contributed by atoms with Crippen molar-refractivity contribution in [3.8, 4) is 11.8 Å². The highest BCUT2D eigenvalue weighted by molar-refractivity contribution is 5.69. The smallest absolute Gasteiger partial charge is 0.308 e. The van der Waals surface area contributed by atoms with Gasteiger partial charge >= 0.3 is 11.9 Å². The molecule has 0 aromatic carbocycles. The molecule has 118 valence electrons. The molecule has 0 spiro atoms. The SMILES string of the molecule is CCOC(=O)CCCC(F)(F)C#C/C=C/C=C/[C@H](O)CC. The fraction of sp³-hybridized carbons (Fsp3) is 0.562. The summed E-state index contributed by atoms with van der Waals surface area (Å²) >= 11 is 0. The van der Waals surface area contributed by atoms with Gasteiger partial charge in [-0.3, -0.25) is 4.79 Å². The van der Waals surface area contributed by atoms with Crippen LogP contribution in [0, 0.1) is 11.8 Å². The van der Waals surface area contributed by atoms with Crippen molar-refractivity contribution in [2.45, 2.75) is 51.6 Å². The molecule has 1 atom stereocenters. The zero-order valence-corrected chi connectivity index (χ0v) is 12.4. The standard InChI is InChI=1S/C16H22F2O3/c1-3-14(19)10-7-5-6-8-12-16(17,18)13-9-11-15(20)21-4-2/h5-7,10,14,19H,3-4,9,11,13H2,1-2H3/b6-5+,10-7+/t14-/m1/s1. The van der Waals surface area contributed by atoms with Crippen LogP contribution in [0.2, 0.25) is 0 Å². The number of aliphatic hydroxyl groups excluding tert-OH is 1. The summed E-state index contributed by atoms with van der Waals surface area (Å²) < 4.78 is 31.3. The fourth-order valence-electron chi connectivity index (χ4n) is 1.33. The van der Waals surface area contributed by atoms with Gasteiger partial charge in [0.05, 0.1) is 12.7 Å². The lowest BCUT2D eigenvalue weighted by Gasteiger charge is -2.08. The molecule has 0 amide bonds. The average Bonchev–Trinajstić information content (AvgIpc) is 2.42. The van der Waals surface area contributed by atoms with E-state index in [0.717, 1.165) is 0 Å². The van der Waals surface area contributed by atoms with Gasteiger partial charge in [0.1, 0.15) is 0 Å². The van der Waals surface area contributed by atoms with Gasteiger partial charge in [0.25, 0.3) is 0 Å². The molecule has 0 aromatic heterocycles. The van der Waals surface area contributed by atoms with E-state index in [4.69, 9.17) is 0 Å². The summed E-state index contributed by atoms with van der Waals surface area (Å²) in [6.45, 7) is 3.74. The van der Waals surface area contributed by atoms with Gasteiger partial charge < -0.3 is 9.84 Å². The van der Waals surface area contributed by atoms with Crippen molar-refractivity contribution in [1.82, 2.24) is 0 Å². The summed E-state index contributed by atoms with van der Waals surface area (Å²) in [5.41, 5.74) is 0. The molecule has 0 saturated heterocycles. The second kappa shape index (κ2) is 11.0. The Morgan fingerprint density at radius 1 is 1.38 bits per heavy atom. The lowest BCUT2D eigenvalue weighted by atomic mass is 10.1. The number of hydrogen-bond acceptors (Lipinski definition) is 3. The largest absolute Gasteiger partial charge is 0.466 e. The Morgan fingerprint density at radius 3 is 2.71 bits per heavy atom. The maximum absolute atomic E-state index is 13.3. The van der Waals surface area contributed by atoms with Crippen LogP contribution in [0.4, 0.5) is 8.78 Å². The molecule has 0 heterocycles. The van der Waals surface area contributed by atoms with Crippen LogP contribution in [0.25, 0.3) is 0 Å². The second-order valence-electron chi connectivity index (χ2n) is 4.35. The summed E-state index contributed by atoms with van der Waals surface area (Å²) in [5, 5.41) is 9.21. The minimum absolute atomic E-state index is 0.0292. The number of alkyl halides is 2. The van der Waals surface area contributed by atoms with Gasteiger partial charge in [-0.05, 0) is 31.8 Å². The van der Waals surface area contributed by atoms with Crippen molar-refractivity contribution >= 4 is 5.97 Å². The molecule has 0 unspecified atom stereocenters. The van der Waals surface area contributed by atoms with Gasteiger partial charge in [0.2, 0.25) is 0 Å². The molecule has 0 aliphatic rings. The van der Waals surface area contributed by atoms with E-state index in [0.29, 0.717) is 6.42 Å². The van der Waals surface area contributed by atoms with Gasteiger partial charge in [-0.25, -0.2) is 0 Å². The Bertz CT molecular complexity index is 417. The summed E-state index contributed by atoms with van der Waals surface area (Å²) in [5.74, 6) is 0.506. The predicted molar refractivity (Wildman–Crippen MR) is 77.8 cm³/mol. The van der Waals surface area contributed by atoms with E-state index in [1.165, 1.54) is 12.2 Å². The molecule has 1 N–H and O–H groups in total. The number of rotatable bonds is 8. The van der Waals surface area contributed by atoms with Crippen molar-refractivity contribution in [1.29, 1.82) is 0 Å². The maximum Gasteiger partial charge on any atom is 0.308 e. The molecule has 5 heteroatoms. The molecule has 0 aliphatic heterocycles. The first-order chi connectivity index (χ1) is 9.91. The van der Waals surface area contributed by atoms with Crippen LogP contribution >= 0.6 is 0 Å². The zero-order valence-electron chi connectivity index (χ0n) is 12.4. The quantitative estimate of drug-likeness (QED) is 0.425. The van der Waals surface area contributed by atoms with Gasteiger partial charge in [0.15, 0.2) is 0 Å². The molecule has 0 rings (SSSR count). The summed E-state index contributed by atoms with van der Waals surface area (Å²) in [4.78, 5) is 11.0. The second-order valence-corrected chi connectivity index (χ2v) is 4.35. The predicted octanol–water partition coefficient (Wildman–Crippen LogP) is 3.24. The first-order valence-corrected chi connectivity index (χ1v) is 6.98. The number of aliphatic hydroxyl groups is 1. The topological polar surface area (TPSA) is 46.5 Å². The maximum atomic E-state index is 13.3. The summed E-state index contributed by atoms with van der Waals surface area (Å²) in [6, 6.07) is 0. The Balaban J connectivity index is 4.12. The van der Waals surface area contributed by atoms with Crippen molar-refractivity contribution in [3.63, 3.8) is 0 Å². The minimum Gasteiger partial charge on any atom is -0.466 e. The van der Waals surface area contributed by atoms with Crippen LogP contribution in [-0.2, 0) is 9.53 Å². The number of allylic oxidation sites excluding steroid dienone is 3. The van der Waals surface area contributed by atoms with Crippen molar-refractivity contribution < 1.29 is 23.4 Å². The Hall–Kier alpha value is -1.67. The van der Waals surface area contributed by atoms with Crippen LogP contribution in [-0.4, -0.2) is 29.7 Å². The zero-order chi connectivity index (χ0) is 16.1. The third kappa shape index (κ3) is 11.8. The van der Waals surface area contributed by atoms with Crippen molar-refractivity contribution in [2.75, 3.05) is 6.61 Å². The Morgan fingerprint density at radius 2 is 2.10 bits per heavy atom. The van der Waals surface area contributed by atoms with Crippen molar-refractivity contribution in [2.24, 2.45) is 0 Å². The molecular formula is C16H22F2O3. The van der Waals surface area contributed by atoms with E-state index in [1.807, 2.05) is 12.8 Å². The summed E-state index contributed by atoms with van der Waals surface area (Å²) in [6.07, 6.45) is 5.47. The highest BCUT2D eigenvalue weighted by atomic mass is 19.3. The molecule has 3 nitrogen and oxygen atoms in total. The molecule has 0 bridgehead atoms. The first kappa shape index (κ1) is 19.3. The van der Waals surface area contributed by atoms with E-state index in [2.05, 4.69) is 10.7 Å². The van der Waals surface area contributed by atoms with Crippen LogP contribution in [0.1, 0.15) is 39.5 Å². The number of esters is 1. The van der Waals surface area contributed by atoms with Gasteiger partial charge in [-0.2, -0.15) is 8.78 Å². The van der Waals surface area contributed by atoms with Crippen LogP contribution < -0.4 is 0 Å². The molecule has 0 fully saturated rings. The molecular weight excluding hydrogens is 278 g/mol. The lowest BCUT2D eigenvalue weighted by Crippen LogP contribution is -2.14. The molecule has 0 radical (unpaired) electrons. The Kier molecular flexibility index (Phi) is 10.2. The van der Waals surface area contributed by atoms with E-state index in [1.54, 1.807) is 19.1 Å². The summed E-state index contributed by atoms with van der Waals surface area (Å²) in [7, 11) is 0. The normalized spacial score (nSPS) is 13.2. The molecule has 0 aliphatic carbocycles. The number of halogens is 2. The molecule has 0 aromatic rings. The van der Waals surface area contributed by atoms with E-state index in [9.17, 15) is 18.7 Å². The number of hydrogen-bond donors (Lipinski definition) is 1. The number of carbonyl (C=O) groups excluding carboxylic acids is 1. The monoisotopic (exact) mass is 300 g/mol. The van der Waals surface area contributed by atoms with Crippen LogP contribution in [0.15, 0.2) is 24.3 Å². The number of carbonyl (C=O) groups is 1. The molecule has 21 heavy (non-hydrogen) atoms. The molecule has 0 saturated carbocycles. The van der Waals surface area contributed by atoms with Gasteiger partial charge in [-0.15, -0.1) is 0 Å². The number of ether oxygens (including phenoxy) is 1. The lowest BCUT2D eigenvalue weighted by molar-refractivity contribution is -0.143. The first-order valence-electron chi connectivity index (χ1n) is 6.98. The van der Waals surface area contributed by atoms with Crippen LogP contribution in [0.3, 0.4) is 0 Å². The van der Waals surface area contributed by atoms with E-state index >= 15 is 0 Å². The van der Waals surface area contributed by atoms with Gasteiger partial charge in [0, 0.05) is 12.8 Å². The van der Waals surface area contributed by atoms with Crippen LogP contribution in [0.5, 0.6) is 0 Å². The highest BCUT2D eigenvalue weighted by Crippen LogP contribution is 2.20. The average molecular weight is 300 g/mol. The Labute approximate surface area is 124 Å².